The largest absolute Gasteiger partial charge is 0.508 e. The Morgan fingerprint density at radius 1 is 1.26 bits per heavy atom. The number of nitriles is 1. The topological polar surface area (TPSA) is 70.0 Å². The van der Waals surface area contributed by atoms with Gasteiger partial charge in [0.05, 0.1) is 10.6 Å². The highest BCUT2D eigenvalue weighted by Crippen LogP contribution is 2.20. The highest BCUT2D eigenvalue weighted by atomic mass is 35.5. The van der Waals surface area contributed by atoms with Crippen LogP contribution in [0.25, 0.3) is 0 Å². The van der Waals surface area contributed by atoms with Crippen LogP contribution in [0.3, 0.4) is 0 Å². The van der Waals surface area contributed by atoms with Crippen molar-refractivity contribution in [2.24, 2.45) is 5.73 Å². The van der Waals surface area contributed by atoms with Gasteiger partial charge in [0.15, 0.2) is 0 Å². The molecule has 0 saturated heterocycles. The summed E-state index contributed by atoms with van der Waals surface area (Å²) in [6.45, 7) is 4.00. The van der Waals surface area contributed by atoms with Gasteiger partial charge in [0.2, 0.25) is 0 Å². The summed E-state index contributed by atoms with van der Waals surface area (Å²) in [5.41, 5.74) is 6.01. The van der Waals surface area contributed by atoms with Crippen molar-refractivity contribution in [3.8, 4) is 11.8 Å². The van der Waals surface area contributed by atoms with Gasteiger partial charge in [-0.25, -0.2) is 0 Å². The molecule has 0 unspecified atom stereocenters. The molecule has 4 heteroatoms. The van der Waals surface area contributed by atoms with Crippen LogP contribution in [0.2, 0.25) is 5.02 Å². The van der Waals surface area contributed by atoms with Crippen molar-refractivity contribution in [2.45, 2.75) is 52.0 Å². The average Bonchev–Trinajstić information content (AvgIpc) is 2.43. The molecule has 1 saturated carbocycles. The lowest BCUT2D eigenvalue weighted by atomic mass is 9.97. The van der Waals surface area contributed by atoms with Gasteiger partial charge < -0.3 is 10.8 Å². The van der Waals surface area contributed by atoms with E-state index in [-0.39, 0.29) is 10.8 Å². The minimum Gasteiger partial charge on any atom is -0.508 e. The van der Waals surface area contributed by atoms with Crippen LogP contribution in [-0.2, 0) is 0 Å². The Morgan fingerprint density at radius 3 is 2.21 bits per heavy atom. The number of halogens is 1. The number of nitrogens with two attached hydrogens (primary N) is 1. The summed E-state index contributed by atoms with van der Waals surface area (Å²) in [6.07, 6.45) is 6.66. The number of benzene rings is 1. The smallest absolute Gasteiger partial charge is 0.117 e. The maximum Gasteiger partial charge on any atom is 0.117 e. The molecule has 0 radical (unpaired) electrons. The Kier molecular flexibility index (Phi) is 9.97. The van der Waals surface area contributed by atoms with Crippen molar-refractivity contribution in [1.82, 2.24) is 0 Å². The molecular formula is C15H23ClN2O. The Hall–Kier alpha value is -1.24. The third-order valence-corrected chi connectivity index (χ3v) is 3.04. The fraction of sp³-hybridized carbons (Fsp3) is 0.533. The number of phenols is 1. The summed E-state index contributed by atoms with van der Waals surface area (Å²) in [6, 6.07) is 6.64. The molecule has 0 aliphatic heterocycles. The summed E-state index contributed by atoms with van der Waals surface area (Å²) in [4.78, 5) is 0. The number of hydrogen-bond donors (Lipinski definition) is 2. The Morgan fingerprint density at radius 2 is 1.84 bits per heavy atom. The molecule has 1 fully saturated rings. The predicted molar refractivity (Wildman–Crippen MR) is 80.2 cm³/mol. The summed E-state index contributed by atoms with van der Waals surface area (Å²) in [7, 11) is 0. The minimum atomic E-state index is 0.0731. The standard InChI is InChI=1S/C7H4ClNO.C6H13N.C2H6/c8-7-3-6(10)2-1-5(7)4-9;7-6-4-2-1-3-5-6;1-2/h1-3,10H;6H,1-5,7H2;1-2H3. The SMILES string of the molecule is CC.N#Cc1ccc(O)cc1Cl.NC1CCCCC1. The number of phenolic OH excluding ortho intramolecular Hbond substituents is 1. The van der Waals surface area contributed by atoms with E-state index in [1.807, 2.05) is 19.9 Å². The van der Waals surface area contributed by atoms with Gasteiger partial charge in [-0.1, -0.05) is 44.7 Å². The fourth-order valence-electron chi connectivity index (χ4n) is 1.73. The van der Waals surface area contributed by atoms with E-state index >= 15 is 0 Å². The zero-order valence-electron chi connectivity index (χ0n) is 11.7. The van der Waals surface area contributed by atoms with Gasteiger partial charge in [0, 0.05) is 6.04 Å². The molecule has 1 aliphatic carbocycles. The van der Waals surface area contributed by atoms with E-state index in [0.717, 1.165) is 0 Å². The van der Waals surface area contributed by atoms with E-state index in [1.54, 1.807) is 0 Å². The molecule has 0 heterocycles. The summed E-state index contributed by atoms with van der Waals surface area (Å²) in [5.74, 6) is 0.0731. The third kappa shape index (κ3) is 7.71. The van der Waals surface area contributed by atoms with Crippen LogP contribution < -0.4 is 5.73 Å². The molecule has 0 spiro atoms. The normalized spacial score (nSPS) is 14.3. The highest BCUT2D eigenvalue weighted by Gasteiger charge is 2.06. The monoisotopic (exact) mass is 282 g/mol. The Balaban J connectivity index is 0.000000316. The average molecular weight is 283 g/mol. The maximum atomic E-state index is 8.84. The number of hydrogen-bond acceptors (Lipinski definition) is 3. The molecule has 1 aliphatic rings. The first-order valence-corrected chi connectivity index (χ1v) is 7.15. The van der Waals surface area contributed by atoms with Crippen molar-refractivity contribution >= 4 is 11.6 Å². The van der Waals surface area contributed by atoms with Crippen molar-refractivity contribution in [1.29, 1.82) is 5.26 Å². The van der Waals surface area contributed by atoms with Gasteiger partial charge in [-0.05, 0) is 31.0 Å². The number of rotatable bonds is 0. The van der Waals surface area contributed by atoms with E-state index in [4.69, 9.17) is 27.7 Å². The van der Waals surface area contributed by atoms with E-state index < -0.39 is 0 Å². The van der Waals surface area contributed by atoms with E-state index in [2.05, 4.69) is 0 Å². The molecule has 3 N–H and O–H groups in total. The third-order valence-electron chi connectivity index (χ3n) is 2.72. The van der Waals surface area contributed by atoms with Crippen molar-refractivity contribution in [2.75, 3.05) is 0 Å². The molecule has 0 aromatic heterocycles. The van der Waals surface area contributed by atoms with Gasteiger partial charge >= 0.3 is 0 Å². The van der Waals surface area contributed by atoms with Crippen molar-refractivity contribution < 1.29 is 5.11 Å². The van der Waals surface area contributed by atoms with Crippen molar-refractivity contribution in [3.63, 3.8) is 0 Å². The first-order valence-electron chi connectivity index (χ1n) is 6.77. The van der Waals surface area contributed by atoms with Crippen LogP contribution >= 0.6 is 11.6 Å². The van der Waals surface area contributed by atoms with Crippen LogP contribution in [-0.4, -0.2) is 11.1 Å². The van der Waals surface area contributed by atoms with E-state index in [0.29, 0.717) is 11.6 Å². The number of nitrogens with zero attached hydrogens (tertiary/aromatic N) is 1. The van der Waals surface area contributed by atoms with Gasteiger partial charge in [-0.3, -0.25) is 0 Å². The fourth-order valence-corrected chi connectivity index (χ4v) is 1.95. The molecule has 1 aromatic carbocycles. The summed E-state index contributed by atoms with van der Waals surface area (Å²) >= 11 is 5.55. The zero-order chi connectivity index (χ0) is 14.7. The molecule has 0 atom stereocenters. The minimum absolute atomic E-state index is 0.0731. The lowest BCUT2D eigenvalue weighted by Crippen LogP contribution is -2.22. The number of aromatic hydroxyl groups is 1. The van der Waals surface area contributed by atoms with E-state index in [1.165, 1.54) is 50.3 Å². The van der Waals surface area contributed by atoms with Gasteiger partial charge in [0.25, 0.3) is 0 Å². The molecule has 3 nitrogen and oxygen atoms in total. The molecule has 106 valence electrons. The molecular weight excluding hydrogens is 260 g/mol. The molecule has 0 bridgehead atoms. The van der Waals surface area contributed by atoms with Gasteiger partial charge in [-0.15, -0.1) is 0 Å². The molecule has 0 amide bonds. The van der Waals surface area contributed by atoms with E-state index in [9.17, 15) is 0 Å². The van der Waals surface area contributed by atoms with Crippen LogP contribution in [0.5, 0.6) is 5.75 Å². The van der Waals surface area contributed by atoms with Gasteiger partial charge in [0.1, 0.15) is 11.8 Å². The summed E-state index contributed by atoms with van der Waals surface area (Å²) in [5, 5.41) is 17.5. The Labute approximate surface area is 121 Å². The second-order valence-corrected chi connectivity index (χ2v) is 4.58. The lowest BCUT2D eigenvalue weighted by molar-refractivity contribution is 0.441. The van der Waals surface area contributed by atoms with Crippen LogP contribution in [0, 0.1) is 11.3 Å². The second kappa shape index (κ2) is 10.7. The lowest BCUT2D eigenvalue weighted by Gasteiger charge is -2.15. The molecule has 19 heavy (non-hydrogen) atoms. The van der Waals surface area contributed by atoms with Gasteiger partial charge in [-0.2, -0.15) is 5.26 Å². The van der Waals surface area contributed by atoms with Crippen LogP contribution in [0.1, 0.15) is 51.5 Å². The van der Waals surface area contributed by atoms with Crippen LogP contribution in [0.4, 0.5) is 0 Å². The zero-order valence-corrected chi connectivity index (χ0v) is 12.5. The highest BCUT2D eigenvalue weighted by molar-refractivity contribution is 6.31. The first-order chi connectivity index (χ1) is 9.13. The quantitative estimate of drug-likeness (QED) is 0.748. The molecule has 2 rings (SSSR count). The summed E-state index contributed by atoms with van der Waals surface area (Å²) < 4.78 is 0. The Bertz CT molecular complexity index is 396. The maximum absolute atomic E-state index is 8.84. The predicted octanol–water partition coefficient (Wildman–Crippen LogP) is 4.22. The second-order valence-electron chi connectivity index (χ2n) is 4.17. The first kappa shape index (κ1) is 17.8. The van der Waals surface area contributed by atoms with Crippen LogP contribution in [0.15, 0.2) is 18.2 Å². The van der Waals surface area contributed by atoms with Crippen molar-refractivity contribution in [3.05, 3.63) is 28.8 Å². The molecule has 1 aromatic rings.